The molecule has 0 radical (unpaired) electrons. The second-order valence-electron chi connectivity index (χ2n) is 7.51. The van der Waals surface area contributed by atoms with Crippen LogP contribution in [0.4, 0.5) is 0 Å². The van der Waals surface area contributed by atoms with Crippen molar-refractivity contribution in [2.45, 2.75) is 26.4 Å². The average Bonchev–Trinajstić information content (AvgIpc) is 3.19. The molecule has 0 saturated carbocycles. The van der Waals surface area contributed by atoms with Gasteiger partial charge in [0, 0.05) is 25.0 Å². The number of rotatable bonds is 6. The van der Waals surface area contributed by atoms with Crippen LogP contribution >= 0.6 is 0 Å². The molecule has 4 rings (SSSR count). The molecule has 1 aliphatic heterocycles. The Kier molecular flexibility index (Phi) is 5.96. The highest BCUT2D eigenvalue weighted by atomic mass is 16.5. The summed E-state index contributed by atoms with van der Waals surface area (Å²) in [6, 6.07) is 11.1. The zero-order valence-corrected chi connectivity index (χ0v) is 17.3. The zero-order chi connectivity index (χ0) is 21.1. The van der Waals surface area contributed by atoms with E-state index in [1.165, 1.54) is 4.68 Å². The van der Waals surface area contributed by atoms with Crippen molar-refractivity contribution in [2.24, 2.45) is 0 Å². The first-order valence-corrected chi connectivity index (χ1v) is 10.1. The van der Waals surface area contributed by atoms with Crippen molar-refractivity contribution in [1.82, 2.24) is 20.0 Å². The lowest BCUT2D eigenvalue weighted by Crippen LogP contribution is -2.44. The Morgan fingerprint density at radius 3 is 2.57 bits per heavy atom. The molecule has 1 aromatic carbocycles. The summed E-state index contributed by atoms with van der Waals surface area (Å²) in [5.41, 5.74) is 0.452. The van der Waals surface area contributed by atoms with E-state index in [4.69, 9.17) is 9.15 Å². The Morgan fingerprint density at radius 1 is 1.13 bits per heavy atom. The Labute approximate surface area is 174 Å². The van der Waals surface area contributed by atoms with Gasteiger partial charge in [-0.25, -0.2) is 4.68 Å². The smallest absolute Gasteiger partial charge is 0.275 e. The van der Waals surface area contributed by atoms with Crippen molar-refractivity contribution in [3.8, 4) is 0 Å². The van der Waals surface area contributed by atoms with Gasteiger partial charge in [0.2, 0.25) is 5.91 Å². The SMILES string of the molecule is Cc1ccc([C@H](CNC(=O)Cn2nc(C)c3ccccc3c2=O)N2CCOCC2)o1. The number of carbonyl (C=O) groups is 1. The number of hydrogen-bond donors (Lipinski definition) is 1. The largest absolute Gasteiger partial charge is 0.465 e. The number of morpholine rings is 1. The molecule has 1 amide bonds. The average molecular weight is 410 g/mol. The molecule has 0 aliphatic carbocycles. The highest BCUT2D eigenvalue weighted by Gasteiger charge is 2.26. The van der Waals surface area contributed by atoms with Crippen LogP contribution < -0.4 is 10.9 Å². The van der Waals surface area contributed by atoms with Crippen molar-refractivity contribution in [2.75, 3.05) is 32.8 Å². The molecule has 1 N–H and O–H groups in total. The molecule has 2 aromatic heterocycles. The predicted molar refractivity (Wildman–Crippen MR) is 112 cm³/mol. The molecule has 0 unspecified atom stereocenters. The fraction of sp³-hybridized carbons (Fsp3) is 0.409. The van der Waals surface area contributed by atoms with Crippen molar-refractivity contribution >= 4 is 16.7 Å². The lowest BCUT2D eigenvalue weighted by atomic mass is 10.1. The molecule has 3 heterocycles. The first kappa shape index (κ1) is 20.3. The van der Waals surface area contributed by atoms with E-state index in [0.29, 0.717) is 25.1 Å². The molecule has 0 spiro atoms. The second kappa shape index (κ2) is 8.81. The number of nitrogens with one attached hydrogen (secondary N) is 1. The lowest BCUT2D eigenvalue weighted by molar-refractivity contribution is -0.122. The van der Waals surface area contributed by atoms with Crippen molar-refractivity contribution in [3.63, 3.8) is 0 Å². The molecular formula is C22H26N4O4. The molecular weight excluding hydrogens is 384 g/mol. The van der Waals surface area contributed by atoms with Gasteiger partial charge in [0.05, 0.1) is 30.3 Å². The maximum absolute atomic E-state index is 12.7. The van der Waals surface area contributed by atoms with Gasteiger partial charge in [-0.1, -0.05) is 18.2 Å². The third-order valence-corrected chi connectivity index (χ3v) is 5.41. The van der Waals surface area contributed by atoms with Gasteiger partial charge in [-0.3, -0.25) is 14.5 Å². The number of benzene rings is 1. The van der Waals surface area contributed by atoms with Crippen LogP contribution in [-0.2, 0) is 16.1 Å². The summed E-state index contributed by atoms with van der Waals surface area (Å²) in [5, 5.41) is 8.64. The van der Waals surface area contributed by atoms with E-state index in [2.05, 4.69) is 15.3 Å². The first-order valence-electron chi connectivity index (χ1n) is 10.1. The number of ether oxygens (including phenoxy) is 1. The van der Waals surface area contributed by atoms with E-state index in [1.807, 2.05) is 44.2 Å². The number of aromatic nitrogens is 2. The van der Waals surface area contributed by atoms with Crippen LogP contribution in [0.2, 0.25) is 0 Å². The van der Waals surface area contributed by atoms with E-state index in [0.717, 1.165) is 35.7 Å². The first-order chi connectivity index (χ1) is 14.5. The van der Waals surface area contributed by atoms with Crippen LogP contribution in [0.25, 0.3) is 10.8 Å². The Bertz CT molecular complexity index is 1100. The van der Waals surface area contributed by atoms with Crippen LogP contribution in [-0.4, -0.2) is 53.4 Å². The Balaban J connectivity index is 1.48. The third-order valence-electron chi connectivity index (χ3n) is 5.41. The number of fused-ring (bicyclic) bond motifs is 1. The molecule has 8 heteroatoms. The summed E-state index contributed by atoms with van der Waals surface area (Å²) >= 11 is 0. The third kappa shape index (κ3) is 4.29. The number of hydrogen-bond acceptors (Lipinski definition) is 6. The van der Waals surface area contributed by atoms with Crippen LogP contribution in [0.15, 0.2) is 45.6 Å². The summed E-state index contributed by atoms with van der Waals surface area (Å²) in [6.45, 7) is 6.84. The summed E-state index contributed by atoms with van der Waals surface area (Å²) in [5.74, 6) is 1.38. The molecule has 1 fully saturated rings. The normalized spacial score (nSPS) is 15.9. The van der Waals surface area contributed by atoms with Crippen molar-refractivity contribution < 1.29 is 13.9 Å². The van der Waals surface area contributed by atoms with Gasteiger partial charge in [0.1, 0.15) is 18.1 Å². The minimum Gasteiger partial charge on any atom is -0.465 e. The highest BCUT2D eigenvalue weighted by molar-refractivity contribution is 5.83. The number of furan rings is 1. The fourth-order valence-corrected chi connectivity index (χ4v) is 3.85. The van der Waals surface area contributed by atoms with Gasteiger partial charge >= 0.3 is 0 Å². The van der Waals surface area contributed by atoms with E-state index in [1.54, 1.807) is 6.07 Å². The lowest BCUT2D eigenvalue weighted by Gasteiger charge is -2.33. The Hall–Kier alpha value is -2.97. The summed E-state index contributed by atoms with van der Waals surface area (Å²) in [6.07, 6.45) is 0. The number of aryl methyl sites for hydroxylation is 2. The second-order valence-corrected chi connectivity index (χ2v) is 7.51. The maximum atomic E-state index is 12.7. The van der Waals surface area contributed by atoms with Gasteiger partial charge in [0.25, 0.3) is 5.56 Å². The minimum atomic E-state index is -0.266. The predicted octanol–water partition coefficient (Wildman–Crippen LogP) is 1.80. The van der Waals surface area contributed by atoms with Gasteiger partial charge in [-0.15, -0.1) is 0 Å². The minimum absolute atomic E-state index is 0.0884. The quantitative estimate of drug-likeness (QED) is 0.667. The van der Waals surface area contributed by atoms with Crippen molar-refractivity contribution in [3.05, 3.63) is 64.0 Å². The van der Waals surface area contributed by atoms with Crippen LogP contribution in [0, 0.1) is 13.8 Å². The monoisotopic (exact) mass is 410 g/mol. The summed E-state index contributed by atoms with van der Waals surface area (Å²) in [7, 11) is 0. The van der Waals surface area contributed by atoms with E-state index in [9.17, 15) is 9.59 Å². The standard InChI is InChI=1S/C22H26N4O4/c1-15-7-8-20(30-15)19(25-9-11-29-12-10-25)13-23-21(27)14-26-22(28)18-6-4-3-5-17(18)16(2)24-26/h3-8,19H,9-14H2,1-2H3,(H,23,27)/t19-/m0/s1. The number of carbonyl (C=O) groups excluding carboxylic acids is 1. The number of nitrogens with zero attached hydrogens (tertiary/aromatic N) is 3. The maximum Gasteiger partial charge on any atom is 0.275 e. The van der Waals surface area contributed by atoms with Gasteiger partial charge in [-0.05, 0) is 32.0 Å². The van der Waals surface area contributed by atoms with Crippen molar-refractivity contribution in [1.29, 1.82) is 0 Å². The van der Waals surface area contributed by atoms with E-state index in [-0.39, 0.29) is 24.1 Å². The molecule has 1 aliphatic rings. The molecule has 8 nitrogen and oxygen atoms in total. The van der Waals surface area contributed by atoms with Crippen LogP contribution in [0.1, 0.15) is 23.3 Å². The molecule has 0 bridgehead atoms. The molecule has 3 aromatic rings. The van der Waals surface area contributed by atoms with Gasteiger partial charge < -0.3 is 14.5 Å². The zero-order valence-electron chi connectivity index (χ0n) is 17.3. The van der Waals surface area contributed by atoms with Gasteiger partial charge in [0.15, 0.2) is 0 Å². The van der Waals surface area contributed by atoms with Crippen LogP contribution in [0.3, 0.4) is 0 Å². The number of amides is 1. The fourth-order valence-electron chi connectivity index (χ4n) is 3.85. The van der Waals surface area contributed by atoms with E-state index < -0.39 is 0 Å². The summed E-state index contributed by atoms with van der Waals surface area (Å²) < 4.78 is 12.5. The molecule has 1 atom stereocenters. The summed E-state index contributed by atoms with van der Waals surface area (Å²) in [4.78, 5) is 27.6. The molecule has 158 valence electrons. The topological polar surface area (TPSA) is 89.6 Å². The molecule has 1 saturated heterocycles. The molecule has 30 heavy (non-hydrogen) atoms. The van der Waals surface area contributed by atoms with Crippen LogP contribution in [0.5, 0.6) is 0 Å². The van der Waals surface area contributed by atoms with Gasteiger partial charge in [-0.2, -0.15) is 5.10 Å². The highest BCUT2D eigenvalue weighted by Crippen LogP contribution is 2.23. The van der Waals surface area contributed by atoms with E-state index >= 15 is 0 Å². The Morgan fingerprint density at radius 2 is 1.87 bits per heavy atom.